The monoisotopic (exact) mass is 563 g/mol. The molecule has 1 saturated heterocycles. The highest BCUT2D eigenvalue weighted by molar-refractivity contribution is 5.88. The SMILES string of the molecule is COc1ccc(Cn2nc(O[C@H]3CCCN(C(=O)OC(C)(C)C)C3)c3c(Oc4ccc(N)cc4F)ccnc32)cc1. The summed E-state index contributed by atoms with van der Waals surface area (Å²) in [6.45, 7) is 6.82. The van der Waals surface area contributed by atoms with E-state index in [0.717, 1.165) is 24.2 Å². The first kappa shape index (κ1) is 28.0. The lowest BCUT2D eigenvalue weighted by Crippen LogP contribution is -2.46. The van der Waals surface area contributed by atoms with Gasteiger partial charge in [0.2, 0.25) is 5.88 Å². The lowest BCUT2D eigenvalue weighted by Gasteiger charge is -2.33. The number of benzene rings is 2. The molecule has 0 unspecified atom stereocenters. The van der Waals surface area contributed by atoms with Crippen molar-refractivity contribution in [3.8, 4) is 23.1 Å². The quantitative estimate of drug-likeness (QED) is 0.282. The summed E-state index contributed by atoms with van der Waals surface area (Å²) in [5.41, 5.74) is 6.88. The van der Waals surface area contributed by atoms with E-state index in [0.29, 0.717) is 36.4 Å². The number of anilines is 1. The third-order valence-electron chi connectivity index (χ3n) is 6.54. The maximum atomic E-state index is 14.7. The minimum atomic E-state index is -0.601. The van der Waals surface area contributed by atoms with Gasteiger partial charge in [-0.3, -0.25) is 0 Å². The second kappa shape index (κ2) is 11.5. The van der Waals surface area contributed by atoms with Crippen molar-refractivity contribution in [3.63, 3.8) is 0 Å². The van der Waals surface area contributed by atoms with Crippen LogP contribution in [0, 0.1) is 5.82 Å². The van der Waals surface area contributed by atoms with Crippen LogP contribution in [0.2, 0.25) is 0 Å². The first-order chi connectivity index (χ1) is 19.6. The fourth-order valence-electron chi connectivity index (χ4n) is 4.62. The molecule has 41 heavy (non-hydrogen) atoms. The first-order valence-electron chi connectivity index (χ1n) is 13.5. The van der Waals surface area contributed by atoms with Crippen LogP contribution in [-0.2, 0) is 11.3 Å². The van der Waals surface area contributed by atoms with Gasteiger partial charge >= 0.3 is 6.09 Å². The van der Waals surface area contributed by atoms with Crippen LogP contribution in [0.1, 0.15) is 39.2 Å². The zero-order chi connectivity index (χ0) is 29.1. The van der Waals surface area contributed by atoms with Crippen LogP contribution in [-0.4, -0.2) is 57.7 Å². The number of amides is 1. The van der Waals surface area contributed by atoms with Crippen LogP contribution in [0.3, 0.4) is 0 Å². The molecule has 0 aliphatic carbocycles. The smallest absolute Gasteiger partial charge is 0.410 e. The van der Waals surface area contributed by atoms with E-state index in [1.54, 1.807) is 35.0 Å². The lowest BCUT2D eigenvalue weighted by atomic mass is 10.1. The fourth-order valence-corrected chi connectivity index (χ4v) is 4.62. The summed E-state index contributed by atoms with van der Waals surface area (Å²) in [5.74, 6) is 0.768. The van der Waals surface area contributed by atoms with Gasteiger partial charge in [0.25, 0.3) is 0 Å². The Bertz CT molecular complexity index is 1530. The van der Waals surface area contributed by atoms with Gasteiger partial charge in [-0.2, -0.15) is 0 Å². The van der Waals surface area contributed by atoms with E-state index in [4.69, 9.17) is 29.8 Å². The maximum absolute atomic E-state index is 14.7. The van der Waals surface area contributed by atoms with Gasteiger partial charge in [0, 0.05) is 30.6 Å². The van der Waals surface area contributed by atoms with Crippen molar-refractivity contribution in [2.75, 3.05) is 25.9 Å². The van der Waals surface area contributed by atoms with Crippen LogP contribution in [0.15, 0.2) is 54.7 Å². The van der Waals surface area contributed by atoms with Gasteiger partial charge < -0.3 is 29.6 Å². The summed E-state index contributed by atoms with van der Waals surface area (Å²) < 4.78 is 39.7. The first-order valence-corrected chi connectivity index (χ1v) is 13.5. The molecular weight excluding hydrogens is 529 g/mol. The molecule has 4 aromatic rings. The summed E-state index contributed by atoms with van der Waals surface area (Å²) in [6, 6.07) is 13.5. The number of hydrogen-bond donors (Lipinski definition) is 1. The number of methoxy groups -OCH3 is 1. The number of piperidine rings is 1. The maximum Gasteiger partial charge on any atom is 0.410 e. The Kier molecular flexibility index (Phi) is 7.87. The minimum Gasteiger partial charge on any atom is -0.497 e. The van der Waals surface area contributed by atoms with Crippen molar-refractivity contribution >= 4 is 22.8 Å². The Balaban J connectivity index is 1.48. The molecule has 10 nitrogen and oxygen atoms in total. The second-order valence-electron chi connectivity index (χ2n) is 10.9. The van der Waals surface area contributed by atoms with Gasteiger partial charge in [0.1, 0.15) is 28.6 Å². The molecule has 0 radical (unpaired) electrons. The Morgan fingerprint density at radius 2 is 1.90 bits per heavy atom. The van der Waals surface area contributed by atoms with Crippen LogP contribution in [0.25, 0.3) is 11.0 Å². The average Bonchev–Trinajstić information content (AvgIpc) is 3.27. The van der Waals surface area contributed by atoms with E-state index in [-0.39, 0.29) is 29.5 Å². The largest absolute Gasteiger partial charge is 0.497 e. The molecule has 2 N–H and O–H groups in total. The van der Waals surface area contributed by atoms with E-state index < -0.39 is 11.4 Å². The lowest BCUT2D eigenvalue weighted by molar-refractivity contribution is 0.00731. The standard InChI is InChI=1S/C30H34FN5O5/c1-30(2,3)41-29(37)35-15-5-6-22(18-35)39-28-26-25(40-24-12-9-20(32)16-23(24)31)13-14-33-27(26)36(34-28)17-19-7-10-21(38-4)11-8-19/h7-14,16,22H,5-6,15,17-18,32H2,1-4H3/t22-/m0/s1. The predicted octanol–water partition coefficient (Wildman–Crippen LogP) is 5.78. The van der Waals surface area contributed by atoms with Gasteiger partial charge in [-0.15, -0.1) is 5.10 Å². The molecule has 0 bridgehead atoms. The molecular formula is C30H34FN5O5. The van der Waals surface area contributed by atoms with E-state index >= 15 is 0 Å². The highest BCUT2D eigenvalue weighted by Crippen LogP contribution is 2.37. The zero-order valence-corrected chi connectivity index (χ0v) is 23.6. The fraction of sp³-hybridized carbons (Fsp3) is 0.367. The Labute approximate surface area is 237 Å². The van der Waals surface area contributed by atoms with Gasteiger partial charge in [0.05, 0.1) is 20.2 Å². The number of ether oxygens (including phenoxy) is 4. The molecule has 1 aliphatic rings. The number of rotatable bonds is 7. The number of fused-ring (bicyclic) bond motifs is 1. The molecule has 2 aromatic heterocycles. The molecule has 5 rings (SSSR count). The van der Waals surface area contributed by atoms with E-state index in [1.165, 1.54) is 12.1 Å². The third kappa shape index (κ3) is 6.62. The van der Waals surface area contributed by atoms with Gasteiger partial charge in [0.15, 0.2) is 17.2 Å². The minimum absolute atomic E-state index is 0.00863. The number of hydrogen-bond acceptors (Lipinski definition) is 8. The summed E-state index contributed by atoms with van der Waals surface area (Å²) in [7, 11) is 1.62. The molecule has 11 heteroatoms. The van der Waals surface area contributed by atoms with Gasteiger partial charge in [-0.1, -0.05) is 12.1 Å². The predicted molar refractivity (Wildman–Crippen MR) is 152 cm³/mol. The van der Waals surface area contributed by atoms with Crippen molar-refractivity contribution in [2.45, 2.75) is 51.9 Å². The van der Waals surface area contributed by atoms with Crippen molar-refractivity contribution in [2.24, 2.45) is 0 Å². The number of aromatic nitrogens is 3. The molecule has 1 atom stereocenters. The molecule has 216 valence electrons. The number of carbonyl (C=O) groups excluding carboxylic acids is 1. The van der Waals surface area contributed by atoms with Gasteiger partial charge in [-0.05, 0) is 63.4 Å². The average molecular weight is 564 g/mol. The number of likely N-dealkylation sites (tertiary alicyclic amines) is 1. The van der Waals surface area contributed by atoms with Gasteiger partial charge in [-0.25, -0.2) is 18.9 Å². The molecule has 1 fully saturated rings. The van der Waals surface area contributed by atoms with E-state index in [2.05, 4.69) is 4.98 Å². The normalized spacial score (nSPS) is 15.5. The molecule has 1 aliphatic heterocycles. The van der Waals surface area contributed by atoms with Crippen molar-refractivity contribution in [1.82, 2.24) is 19.7 Å². The highest BCUT2D eigenvalue weighted by atomic mass is 19.1. The second-order valence-corrected chi connectivity index (χ2v) is 10.9. The number of nitrogens with zero attached hydrogens (tertiary/aromatic N) is 4. The molecule has 3 heterocycles. The topological polar surface area (TPSA) is 114 Å². The molecule has 2 aromatic carbocycles. The van der Waals surface area contributed by atoms with E-state index in [1.807, 2.05) is 45.0 Å². The van der Waals surface area contributed by atoms with Crippen molar-refractivity contribution < 1.29 is 28.1 Å². The van der Waals surface area contributed by atoms with Crippen LogP contribution in [0.5, 0.6) is 23.1 Å². The molecule has 0 saturated carbocycles. The zero-order valence-electron chi connectivity index (χ0n) is 23.6. The van der Waals surface area contributed by atoms with E-state index in [9.17, 15) is 9.18 Å². The van der Waals surface area contributed by atoms with Crippen LogP contribution in [0.4, 0.5) is 14.9 Å². The van der Waals surface area contributed by atoms with Crippen molar-refractivity contribution in [3.05, 3.63) is 66.1 Å². The summed E-state index contributed by atoms with van der Waals surface area (Å²) in [4.78, 5) is 18.9. The summed E-state index contributed by atoms with van der Waals surface area (Å²) >= 11 is 0. The Morgan fingerprint density at radius 3 is 2.61 bits per heavy atom. The number of nitrogens with two attached hydrogens (primary N) is 1. The summed E-state index contributed by atoms with van der Waals surface area (Å²) in [6.07, 6.45) is 2.31. The number of carbonyl (C=O) groups is 1. The molecule has 1 amide bonds. The van der Waals surface area contributed by atoms with Crippen molar-refractivity contribution in [1.29, 1.82) is 0 Å². The van der Waals surface area contributed by atoms with Crippen LogP contribution < -0.4 is 19.9 Å². The Morgan fingerprint density at radius 1 is 1.12 bits per heavy atom. The number of halogens is 1. The highest BCUT2D eigenvalue weighted by Gasteiger charge is 2.30. The molecule has 0 spiro atoms. The Hall–Kier alpha value is -4.54. The van der Waals surface area contributed by atoms with Crippen LogP contribution >= 0.6 is 0 Å². The number of nitrogen functional groups attached to an aromatic ring is 1. The third-order valence-corrected chi connectivity index (χ3v) is 6.54. The number of pyridine rings is 1. The summed E-state index contributed by atoms with van der Waals surface area (Å²) in [5, 5.41) is 5.25.